The van der Waals surface area contributed by atoms with Crippen molar-refractivity contribution in [2.75, 3.05) is 13.2 Å². The molecular weight excluding hydrogens is 433 g/mol. The summed E-state index contributed by atoms with van der Waals surface area (Å²) in [7, 11) is 0. The van der Waals surface area contributed by atoms with Crippen molar-refractivity contribution in [1.29, 1.82) is 0 Å². The van der Waals surface area contributed by atoms with Crippen molar-refractivity contribution in [3.05, 3.63) is 52.4 Å². The summed E-state index contributed by atoms with van der Waals surface area (Å²) < 4.78 is 49.3. The van der Waals surface area contributed by atoms with Gasteiger partial charge in [-0.25, -0.2) is 0 Å². The molecule has 0 saturated heterocycles. The third kappa shape index (κ3) is 6.31. The lowest BCUT2D eigenvalue weighted by molar-refractivity contribution is -0.139. The first kappa shape index (κ1) is 20.8. The molecule has 0 fully saturated rings. The molecule has 0 spiro atoms. The Morgan fingerprint density at radius 1 is 1.22 bits per heavy atom. The van der Waals surface area contributed by atoms with E-state index in [0.29, 0.717) is 4.67 Å². The highest BCUT2D eigenvalue weighted by atomic mass is 79.9. The Kier molecular flexibility index (Phi) is 6.89. The molecule has 0 bridgehead atoms. The lowest BCUT2D eigenvalue weighted by atomic mass is 10.2. The Labute approximate surface area is 161 Å². The molecule has 6 nitrogen and oxygen atoms in total. The number of benzene rings is 1. The fourth-order valence-electron chi connectivity index (χ4n) is 2.09. The van der Waals surface area contributed by atoms with Gasteiger partial charge >= 0.3 is 6.18 Å². The Balaban J connectivity index is 1.79. The number of ether oxygens (including phenoxy) is 1. The van der Waals surface area contributed by atoms with E-state index in [2.05, 4.69) is 26.6 Å². The number of furan rings is 1. The Morgan fingerprint density at radius 3 is 2.56 bits per heavy atom. The topological polar surface area (TPSA) is 80.6 Å². The minimum absolute atomic E-state index is 0.0369. The molecule has 1 unspecified atom stereocenters. The van der Waals surface area contributed by atoms with Crippen LogP contribution in [-0.2, 0) is 11.0 Å². The van der Waals surface area contributed by atoms with Crippen LogP contribution >= 0.6 is 15.9 Å². The molecule has 2 amide bonds. The molecule has 0 aliphatic carbocycles. The molecule has 2 rings (SSSR count). The van der Waals surface area contributed by atoms with Crippen LogP contribution in [-0.4, -0.2) is 31.0 Å². The van der Waals surface area contributed by atoms with E-state index in [-0.39, 0.29) is 24.7 Å². The van der Waals surface area contributed by atoms with Crippen molar-refractivity contribution in [2.24, 2.45) is 0 Å². The molecule has 0 aliphatic heterocycles. The molecular formula is C17H16BrF3N2O4. The van der Waals surface area contributed by atoms with E-state index in [1.807, 2.05) is 0 Å². The fourth-order valence-corrected chi connectivity index (χ4v) is 2.40. The SMILES string of the molecule is CC(COc1ccccc1C(F)(F)F)NC(=O)CNC(=O)c1ccc(Br)o1. The molecule has 0 radical (unpaired) electrons. The second kappa shape index (κ2) is 8.94. The van der Waals surface area contributed by atoms with Gasteiger partial charge in [0.05, 0.1) is 18.2 Å². The molecule has 2 N–H and O–H groups in total. The zero-order chi connectivity index (χ0) is 20.0. The highest BCUT2D eigenvalue weighted by molar-refractivity contribution is 9.10. The van der Waals surface area contributed by atoms with Gasteiger partial charge in [-0.2, -0.15) is 13.2 Å². The van der Waals surface area contributed by atoms with Gasteiger partial charge in [-0.05, 0) is 47.1 Å². The summed E-state index contributed by atoms with van der Waals surface area (Å²) in [5, 5.41) is 4.89. The number of alkyl halides is 3. The van der Waals surface area contributed by atoms with Crippen molar-refractivity contribution < 1.29 is 31.9 Å². The van der Waals surface area contributed by atoms with Gasteiger partial charge in [-0.15, -0.1) is 0 Å². The van der Waals surface area contributed by atoms with Gasteiger partial charge in [0.25, 0.3) is 5.91 Å². The average molecular weight is 449 g/mol. The van der Waals surface area contributed by atoms with Gasteiger partial charge in [-0.3, -0.25) is 9.59 Å². The molecule has 1 aromatic heterocycles. The van der Waals surface area contributed by atoms with Crippen molar-refractivity contribution in [1.82, 2.24) is 10.6 Å². The Bertz CT molecular complexity index is 807. The summed E-state index contributed by atoms with van der Waals surface area (Å²) in [6.07, 6.45) is -4.53. The van der Waals surface area contributed by atoms with E-state index in [9.17, 15) is 22.8 Å². The molecule has 0 aliphatic rings. The van der Waals surface area contributed by atoms with Gasteiger partial charge in [0.15, 0.2) is 10.4 Å². The summed E-state index contributed by atoms with van der Waals surface area (Å²) in [5.74, 6) is -1.37. The van der Waals surface area contributed by atoms with Gasteiger partial charge < -0.3 is 19.8 Å². The number of hydrogen-bond donors (Lipinski definition) is 2. The van der Waals surface area contributed by atoms with Crippen LogP contribution in [0.25, 0.3) is 0 Å². The van der Waals surface area contributed by atoms with Crippen molar-refractivity contribution in [2.45, 2.75) is 19.1 Å². The first-order chi connectivity index (χ1) is 12.7. The largest absolute Gasteiger partial charge is 0.491 e. The predicted molar refractivity (Wildman–Crippen MR) is 93.3 cm³/mol. The van der Waals surface area contributed by atoms with Gasteiger partial charge in [0.1, 0.15) is 12.4 Å². The fraction of sp³-hybridized carbons (Fsp3) is 0.294. The maximum atomic E-state index is 12.9. The zero-order valence-electron chi connectivity index (χ0n) is 14.1. The highest BCUT2D eigenvalue weighted by Gasteiger charge is 2.34. The number of carbonyl (C=O) groups is 2. The second-order valence-electron chi connectivity index (χ2n) is 5.56. The standard InChI is InChI=1S/C17H16BrF3N2O4/c1-10(9-26-12-5-3-2-4-11(12)17(19,20)21)23-15(24)8-22-16(25)13-6-7-14(18)27-13/h2-7,10H,8-9H2,1H3,(H,22,25)(H,23,24). The number of carbonyl (C=O) groups excluding carboxylic acids is 2. The molecule has 1 heterocycles. The smallest absolute Gasteiger partial charge is 0.419 e. The van der Waals surface area contributed by atoms with Crippen LogP contribution in [0.4, 0.5) is 13.2 Å². The van der Waals surface area contributed by atoms with Gasteiger partial charge in [-0.1, -0.05) is 12.1 Å². The minimum atomic E-state index is -4.53. The number of rotatable bonds is 7. The molecule has 1 aromatic carbocycles. The Morgan fingerprint density at radius 2 is 1.93 bits per heavy atom. The lowest BCUT2D eigenvalue weighted by Crippen LogP contribution is -2.43. The number of nitrogens with one attached hydrogen (secondary N) is 2. The third-order valence-corrected chi connectivity index (χ3v) is 3.72. The van der Waals surface area contributed by atoms with E-state index in [1.54, 1.807) is 6.92 Å². The molecule has 0 saturated carbocycles. The van der Waals surface area contributed by atoms with Gasteiger partial charge in [0.2, 0.25) is 5.91 Å². The van der Waals surface area contributed by atoms with Crippen molar-refractivity contribution in [3.8, 4) is 5.75 Å². The van der Waals surface area contributed by atoms with E-state index < -0.39 is 29.6 Å². The van der Waals surface area contributed by atoms with Crippen LogP contribution < -0.4 is 15.4 Å². The van der Waals surface area contributed by atoms with E-state index >= 15 is 0 Å². The van der Waals surface area contributed by atoms with Crippen molar-refractivity contribution in [3.63, 3.8) is 0 Å². The number of halogens is 4. The van der Waals surface area contributed by atoms with Crippen molar-refractivity contribution >= 4 is 27.7 Å². The maximum Gasteiger partial charge on any atom is 0.419 e. The van der Waals surface area contributed by atoms with Crippen LogP contribution in [0, 0.1) is 0 Å². The summed E-state index contributed by atoms with van der Waals surface area (Å²) in [5.41, 5.74) is -0.889. The second-order valence-corrected chi connectivity index (χ2v) is 6.34. The summed E-state index contributed by atoms with van der Waals surface area (Å²) >= 11 is 3.06. The molecule has 27 heavy (non-hydrogen) atoms. The van der Waals surface area contributed by atoms with E-state index in [1.165, 1.54) is 30.3 Å². The summed E-state index contributed by atoms with van der Waals surface area (Å²) in [6.45, 7) is 1.08. The molecule has 146 valence electrons. The van der Waals surface area contributed by atoms with Crippen LogP contribution in [0.1, 0.15) is 23.0 Å². The zero-order valence-corrected chi connectivity index (χ0v) is 15.7. The van der Waals surface area contributed by atoms with Crippen LogP contribution in [0.5, 0.6) is 5.75 Å². The lowest BCUT2D eigenvalue weighted by Gasteiger charge is -2.18. The first-order valence-electron chi connectivity index (χ1n) is 7.78. The maximum absolute atomic E-state index is 12.9. The van der Waals surface area contributed by atoms with Crippen LogP contribution in [0.3, 0.4) is 0 Å². The van der Waals surface area contributed by atoms with Gasteiger partial charge in [0, 0.05) is 0 Å². The Hall–Kier alpha value is -2.49. The quantitative estimate of drug-likeness (QED) is 0.680. The molecule has 2 aromatic rings. The normalized spacial score (nSPS) is 12.3. The average Bonchev–Trinajstić information content (AvgIpc) is 3.04. The summed E-state index contributed by atoms with van der Waals surface area (Å²) in [6, 6.07) is 7.21. The summed E-state index contributed by atoms with van der Waals surface area (Å²) in [4.78, 5) is 23.6. The number of amides is 2. The monoisotopic (exact) mass is 448 g/mol. The first-order valence-corrected chi connectivity index (χ1v) is 8.58. The minimum Gasteiger partial charge on any atom is -0.491 e. The number of para-hydroxylation sites is 1. The molecule has 1 atom stereocenters. The predicted octanol–water partition coefficient (Wildman–Crippen LogP) is 3.37. The van der Waals surface area contributed by atoms with Crippen LogP contribution in [0.15, 0.2) is 45.5 Å². The van der Waals surface area contributed by atoms with E-state index in [4.69, 9.17) is 9.15 Å². The van der Waals surface area contributed by atoms with E-state index in [0.717, 1.165) is 6.07 Å². The molecule has 10 heteroatoms. The van der Waals surface area contributed by atoms with Crippen LogP contribution in [0.2, 0.25) is 0 Å². The number of hydrogen-bond acceptors (Lipinski definition) is 4. The highest BCUT2D eigenvalue weighted by Crippen LogP contribution is 2.35. The third-order valence-electron chi connectivity index (χ3n) is 3.30.